The van der Waals surface area contributed by atoms with Crippen molar-refractivity contribution >= 4 is 24.2 Å². The van der Waals surface area contributed by atoms with E-state index in [0.717, 1.165) is 11.1 Å². The Balaban J connectivity index is 1.30. The molecule has 2 amide bonds. The maximum atomic E-state index is 12.3. The lowest BCUT2D eigenvalue weighted by molar-refractivity contribution is -0.135. The fourth-order valence-electron chi connectivity index (χ4n) is 2.97. The predicted octanol–water partition coefficient (Wildman–Crippen LogP) is 1.77. The molecule has 0 aromatic heterocycles. The molecule has 2 aromatic carbocycles. The Morgan fingerprint density at radius 2 is 1.29 bits per heavy atom. The van der Waals surface area contributed by atoms with E-state index < -0.39 is 17.7 Å². The molecular formula is C21H20N4O6. The summed E-state index contributed by atoms with van der Waals surface area (Å²) in [5, 5.41) is 7.83. The number of amides is 2. The average molecular weight is 424 g/mol. The Bertz CT molecular complexity index is 971. The lowest BCUT2D eigenvalue weighted by Crippen LogP contribution is -2.37. The summed E-state index contributed by atoms with van der Waals surface area (Å²) in [4.78, 5) is 24.7. The van der Waals surface area contributed by atoms with E-state index in [4.69, 9.17) is 18.9 Å². The van der Waals surface area contributed by atoms with Gasteiger partial charge >= 0.3 is 0 Å². The van der Waals surface area contributed by atoms with E-state index in [1.807, 2.05) is 0 Å². The van der Waals surface area contributed by atoms with E-state index in [2.05, 4.69) is 21.1 Å². The van der Waals surface area contributed by atoms with Gasteiger partial charge in [-0.25, -0.2) is 10.9 Å². The summed E-state index contributed by atoms with van der Waals surface area (Å²) in [5.74, 6) is 0.534. The molecule has 2 heterocycles. The second-order valence-corrected chi connectivity index (χ2v) is 6.65. The fraction of sp³-hybridized carbons (Fsp3) is 0.238. The number of nitrogens with one attached hydrogen (secondary N) is 2. The maximum absolute atomic E-state index is 12.3. The minimum absolute atomic E-state index is 0.178. The summed E-state index contributed by atoms with van der Waals surface area (Å²) in [5.41, 5.74) is 6.20. The lowest BCUT2D eigenvalue weighted by Gasteiger charge is -2.10. The molecule has 0 radical (unpaired) electrons. The van der Waals surface area contributed by atoms with E-state index in [1.165, 1.54) is 12.4 Å². The molecule has 0 bridgehead atoms. The van der Waals surface area contributed by atoms with Crippen LogP contribution in [0.3, 0.4) is 0 Å². The van der Waals surface area contributed by atoms with Gasteiger partial charge in [0, 0.05) is 0 Å². The van der Waals surface area contributed by atoms with Crippen molar-refractivity contribution in [1.82, 2.24) is 10.9 Å². The Kier molecular flexibility index (Phi) is 5.97. The molecule has 0 spiro atoms. The number of hydrazone groups is 2. The Morgan fingerprint density at radius 1 is 0.839 bits per heavy atom. The van der Waals surface area contributed by atoms with Crippen molar-refractivity contribution in [3.63, 3.8) is 0 Å². The van der Waals surface area contributed by atoms with Gasteiger partial charge in [0.1, 0.15) is 5.92 Å². The van der Waals surface area contributed by atoms with E-state index in [1.54, 1.807) is 43.3 Å². The molecule has 0 saturated carbocycles. The monoisotopic (exact) mass is 424 g/mol. The Morgan fingerprint density at radius 3 is 1.74 bits per heavy atom. The summed E-state index contributed by atoms with van der Waals surface area (Å²) in [7, 11) is 0. The molecule has 31 heavy (non-hydrogen) atoms. The van der Waals surface area contributed by atoms with Gasteiger partial charge in [0.25, 0.3) is 11.8 Å². The fourth-order valence-corrected chi connectivity index (χ4v) is 2.97. The third kappa shape index (κ3) is 4.74. The van der Waals surface area contributed by atoms with Crippen LogP contribution in [0, 0.1) is 5.92 Å². The number of carbonyl (C=O) groups is 2. The Labute approximate surface area is 177 Å². The predicted molar refractivity (Wildman–Crippen MR) is 110 cm³/mol. The summed E-state index contributed by atoms with van der Waals surface area (Å²) < 4.78 is 21.1. The summed E-state index contributed by atoms with van der Waals surface area (Å²) >= 11 is 0. The highest BCUT2D eigenvalue weighted by atomic mass is 16.7. The van der Waals surface area contributed by atoms with Gasteiger partial charge in [0.05, 0.1) is 12.4 Å². The molecule has 2 aliphatic rings. The SMILES string of the molecule is CCC(C(=O)N/N=C\c1ccc2c(c1)OCO2)C(=O)N/N=C\c1ccc2c(c1)OCO2. The van der Waals surface area contributed by atoms with Crippen molar-refractivity contribution in [2.24, 2.45) is 16.1 Å². The van der Waals surface area contributed by atoms with Gasteiger partial charge in [-0.2, -0.15) is 10.2 Å². The molecule has 2 aromatic rings. The van der Waals surface area contributed by atoms with Crippen LogP contribution < -0.4 is 29.8 Å². The molecule has 10 nitrogen and oxygen atoms in total. The normalized spacial score (nSPS) is 13.9. The van der Waals surface area contributed by atoms with Gasteiger partial charge in [-0.3, -0.25) is 9.59 Å². The standard InChI is InChI=1S/C21H20N4O6/c1-2-15(20(26)24-22-9-13-3-5-16-18(7-13)30-11-28-16)21(27)25-23-10-14-4-6-17-19(8-14)31-12-29-17/h3-10,15H,2,11-12H2,1H3,(H,24,26)(H,25,27)/b22-9-,23-10-. The largest absolute Gasteiger partial charge is 0.454 e. The van der Waals surface area contributed by atoms with Crippen LogP contribution in [0.1, 0.15) is 24.5 Å². The van der Waals surface area contributed by atoms with Crippen molar-refractivity contribution in [2.75, 3.05) is 13.6 Å². The van der Waals surface area contributed by atoms with Crippen molar-refractivity contribution in [1.29, 1.82) is 0 Å². The van der Waals surface area contributed by atoms with E-state index in [9.17, 15) is 9.59 Å². The average Bonchev–Trinajstić information content (AvgIpc) is 3.42. The minimum atomic E-state index is -0.942. The molecule has 10 heteroatoms. The smallest absolute Gasteiger partial charge is 0.252 e. The van der Waals surface area contributed by atoms with Gasteiger partial charge in [-0.05, 0) is 53.9 Å². The van der Waals surface area contributed by atoms with Crippen molar-refractivity contribution in [3.05, 3.63) is 47.5 Å². The number of rotatable bonds is 7. The van der Waals surface area contributed by atoms with Gasteiger partial charge in [-0.1, -0.05) is 6.92 Å². The number of nitrogens with zero attached hydrogens (tertiary/aromatic N) is 2. The molecule has 160 valence electrons. The quantitative estimate of drug-likeness (QED) is 0.397. The van der Waals surface area contributed by atoms with Crippen LogP contribution >= 0.6 is 0 Å². The van der Waals surface area contributed by atoms with Gasteiger partial charge in [-0.15, -0.1) is 0 Å². The summed E-state index contributed by atoms with van der Waals surface area (Å²) in [6.07, 6.45) is 3.21. The zero-order valence-corrected chi connectivity index (χ0v) is 16.7. The number of ether oxygens (including phenoxy) is 4. The molecule has 2 N–H and O–H groups in total. The first-order chi connectivity index (χ1) is 15.1. The number of fused-ring (bicyclic) bond motifs is 2. The molecule has 0 aliphatic carbocycles. The third-order valence-electron chi connectivity index (χ3n) is 4.61. The topological polar surface area (TPSA) is 120 Å². The van der Waals surface area contributed by atoms with Crippen LogP contribution in [0.5, 0.6) is 23.0 Å². The first-order valence-corrected chi connectivity index (χ1v) is 9.59. The number of hydrogen-bond donors (Lipinski definition) is 2. The van der Waals surface area contributed by atoms with Crippen LogP contribution in [0.25, 0.3) is 0 Å². The summed E-state index contributed by atoms with van der Waals surface area (Å²) in [6.45, 7) is 2.08. The molecular weight excluding hydrogens is 404 g/mol. The van der Waals surface area contributed by atoms with Crippen LogP contribution in [-0.2, 0) is 9.59 Å². The van der Waals surface area contributed by atoms with Crippen LogP contribution in [0.4, 0.5) is 0 Å². The number of hydrogen-bond acceptors (Lipinski definition) is 8. The maximum Gasteiger partial charge on any atom is 0.252 e. The van der Waals surface area contributed by atoms with Crippen LogP contribution in [0.15, 0.2) is 46.6 Å². The molecule has 2 aliphatic heterocycles. The zero-order chi connectivity index (χ0) is 21.6. The zero-order valence-electron chi connectivity index (χ0n) is 16.7. The van der Waals surface area contributed by atoms with Crippen molar-refractivity contribution in [2.45, 2.75) is 13.3 Å². The first-order valence-electron chi connectivity index (χ1n) is 9.59. The van der Waals surface area contributed by atoms with Crippen LogP contribution in [-0.4, -0.2) is 37.8 Å². The van der Waals surface area contributed by atoms with Gasteiger partial charge in [0.2, 0.25) is 13.6 Å². The van der Waals surface area contributed by atoms with E-state index in [0.29, 0.717) is 23.0 Å². The molecule has 4 rings (SSSR count). The summed E-state index contributed by atoms with van der Waals surface area (Å²) in [6, 6.07) is 10.5. The molecule has 0 saturated heterocycles. The molecule has 0 atom stereocenters. The highest BCUT2D eigenvalue weighted by molar-refractivity contribution is 6.00. The van der Waals surface area contributed by atoms with Crippen LogP contribution in [0.2, 0.25) is 0 Å². The number of carbonyl (C=O) groups excluding carboxylic acids is 2. The highest BCUT2D eigenvalue weighted by Gasteiger charge is 2.24. The molecule has 0 fully saturated rings. The third-order valence-corrected chi connectivity index (χ3v) is 4.61. The van der Waals surface area contributed by atoms with E-state index in [-0.39, 0.29) is 20.0 Å². The van der Waals surface area contributed by atoms with Crippen molar-refractivity contribution in [3.8, 4) is 23.0 Å². The second kappa shape index (κ2) is 9.16. The van der Waals surface area contributed by atoms with Gasteiger partial charge in [0.15, 0.2) is 23.0 Å². The van der Waals surface area contributed by atoms with Gasteiger partial charge < -0.3 is 18.9 Å². The second-order valence-electron chi connectivity index (χ2n) is 6.65. The number of benzene rings is 2. The Hall–Kier alpha value is -4.08. The minimum Gasteiger partial charge on any atom is -0.454 e. The first kappa shape index (κ1) is 20.2. The highest BCUT2D eigenvalue weighted by Crippen LogP contribution is 2.32. The van der Waals surface area contributed by atoms with Crippen molar-refractivity contribution < 1.29 is 28.5 Å². The van der Waals surface area contributed by atoms with E-state index >= 15 is 0 Å². The molecule has 0 unspecified atom stereocenters. The lowest BCUT2D eigenvalue weighted by atomic mass is 10.1.